The standard InChI is InChI=1S/C7H4BrF3INO/c8-3-1-4(12)6(2-5(3)13)14-7(9,10)11/h1-2H,13H2. The lowest BCUT2D eigenvalue weighted by molar-refractivity contribution is -0.274. The van der Waals surface area contributed by atoms with Crippen LogP contribution in [0.5, 0.6) is 5.75 Å². The van der Waals surface area contributed by atoms with Crippen molar-refractivity contribution in [1.29, 1.82) is 0 Å². The topological polar surface area (TPSA) is 35.2 Å². The number of ether oxygens (including phenoxy) is 1. The molecule has 1 aromatic rings. The number of halogens is 5. The molecule has 2 N–H and O–H groups in total. The summed E-state index contributed by atoms with van der Waals surface area (Å²) in [7, 11) is 0. The largest absolute Gasteiger partial charge is 0.573 e. The normalized spacial score (nSPS) is 11.5. The molecule has 0 aliphatic rings. The molecule has 0 amide bonds. The number of hydrogen-bond donors (Lipinski definition) is 1. The highest BCUT2D eigenvalue weighted by Crippen LogP contribution is 2.33. The van der Waals surface area contributed by atoms with Crippen molar-refractivity contribution in [1.82, 2.24) is 0 Å². The third kappa shape index (κ3) is 3.19. The second-order valence-electron chi connectivity index (χ2n) is 2.35. The Bertz CT molecular complexity index is 356. The van der Waals surface area contributed by atoms with Gasteiger partial charge in [-0.15, -0.1) is 13.2 Å². The van der Waals surface area contributed by atoms with Crippen LogP contribution in [0, 0.1) is 3.57 Å². The van der Waals surface area contributed by atoms with E-state index < -0.39 is 6.36 Å². The van der Waals surface area contributed by atoms with E-state index in [-0.39, 0.29) is 11.4 Å². The number of anilines is 1. The molecule has 0 unspecified atom stereocenters. The van der Waals surface area contributed by atoms with Crippen molar-refractivity contribution >= 4 is 44.2 Å². The fourth-order valence-electron chi connectivity index (χ4n) is 0.748. The van der Waals surface area contributed by atoms with E-state index in [1.165, 1.54) is 6.07 Å². The summed E-state index contributed by atoms with van der Waals surface area (Å²) in [5.74, 6) is -0.293. The highest BCUT2D eigenvalue weighted by molar-refractivity contribution is 14.1. The van der Waals surface area contributed by atoms with E-state index in [1.54, 1.807) is 22.6 Å². The molecular weight excluding hydrogens is 378 g/mol. The molecule has 2 nitrogen and oxygen atoms in total. The van der Waals surface area contributed by atoms with Crippen LogP contribution in [-0.4, -0.2) is 6.36 Å². The molecule has 0 radical (unpaired) electrons. The van der Waals surface area contributed by atoms with Crippen LogP contribution in [0.1, 0.15) is 0 Å². The predicted octanol–water partition coefficient (Wildman–Crippen LogP) is 3.53. The maximum Gasteiger partial charge on any atom is 0.573 e. The molecule has 1 aromatic carbocycles. The highest BCUT2D eigenvalue weighted by atomic mass is 127. The van der Waals surface area contributed by atoms with Gasteiger partial charge in [0.1, 0.15) is 5.75 Å². The molecule has 0 bridgehead atoms. The van der Waals surface area contributed by atoms with Gasteiger partial charge in [0.15, 0.2) is 0 Å². The number of nitrogen functional groups attached to an aromatic ring is 1. The SMILES string of the molecule is Nc1cc(OC(F)(F)F)c(I)cc1Br. The lowest BCUT2D eigenvalue weighted by atomic mass is 10.3. The van der Waals surface area contributed by atoms with Crippen LogP contribution in [0.3, 0.4) is 0 Å². The molecule has 14 heavy (non-hydrogen) atoms. The van der Waals surface area contributed by atoms with Crippen molar-refractivity contribution in [2.24, 2.45) is 0 Å². The predicted molar refractivity (Wildman–Crippen MR) is 58.0 cm³/mol. The van der Waals surface area contributed by atoms with Crippen LogP contribution >= 0.6 is 38.5 Å². The van der Waals surface area contributed by atoms with Gasteiger partial charge in [0.25, 0.3) is 0 Å². The molecule has 0 spiro atoms. The zero-order valence-corrected chi connectivity index (χ0v) is 10.3. The van der Waals surface area contributed by atoms with E-state index in [2.05, 4.69) is 20.7 Å². The molecular formula is C7H4BrF3INO. The molecule has 0 saturated heterocycles. The van der Waals surface area contributed by atoms with E-state index in [9.17, 15) is 13.2 Å². The average molecular weight is 382 g/mol. The first-order valence-electron chi connectivity index (χ1n) is 3.30. The van der Waals surface area contributed by atoms with Crippen molar-refractivity contribution in [3.05, 3.63) is 20.2 Å². The first-order chi connectivity index (χ1) is 6.29. The molecule has 0 aliphatic heterocycles. The summed E-state index contributed by atoms with van der Waals surface area (Å²) in [4.78, 5) is 0. The molecule has 1 rings (SSSR count). The lowest BCUT2D eigenvalue weighted by Crippen LogP contribution is -2.18. The fraction of sp³-hybridized carbons (Fsp3) is 0.143. The Balaban J connectivity index is 3.04. The van der Waals surface area contributed by atoms with Crippen LogP contribution in [0.4, 0.5) is 18.9 Å². The van der Waals surface area contributed by atoms with Gasteiger partial charge in [-0.1, -0.05) is 0 Å². The maximum absolute atomic E-state index is 11.9. The third-order valence-corrected chi connectivity index (χ3v) is 2.81. The molecule has 0 fully saturated rings. The van der Waals surface area contributed by atoms with Gasteiger partial charge in [-0.05, 0) is 44.6 Å². The van der Waals surface area contributed by atoms with Crippen molar-refractivity contribution in [2.45, 2.75) is 6.36 Å². The second kappa shape index (κ2) is 4.13. The summed E-state index contributed by atoms with van der Waals surface area (Å²) in [5, 5.41) is 0. The number of nitrogens with two attached hydrogens (primary N) is 1. The Labute approximate surface area is 99.9 Å². The summed E-state index contributed by atoms with van der Waals surface area (Å²) >= 11 is 4.83. The third-order valence-electron chi connectivity index (χ3n) is 1.28. The van der Waals surface area contributed by atoms with E-state index >= 15 is 0 Å². The molecule has 0 aromatic heterocycles. The number of hydrogen-bond acceptors (Lipinski definition) is 2. The van der Waals surface area contributed by atoms with E-state index in [1.807, 2.05) is 0 Å². The van der Waals surface area contributed by atoms with Crippen LogP contribution < -0.4 is 10.5 Å². The van der Waals surface area contributed by atoms with Crippen molar-refractivity contribution in [3.8, 4) is 5.75 Å². The second-order valence-corrected chi connectivity index (χ2v) is 4.37. The van der Waals surface area contributed by atoms with Gasteiger partial charge in [-0.25, -0.2) is 0 Å². The van der Waals surface area contributed by atoms with Crippen LogP contribution in [0.15, 0.2) is 16.6 Å². The highest BCUT2D eigenvalue weighted by Gasteiger charge is 2.32. The summed E-state index contributed by atoms with van der Waals surface area (Å²) < 4.78 is 40.3. The van der Waals surface area contributed by atoms with Gasteiger partial charge in [0.05, 0.1) is 3.57 Å². The van der Waals surface area contributed by atoms with Crippen molar-refractivity contribution in [3.63, 3.8) is 0 Å². The van der Waals surface area contributed by atoms with Gasteiger partial charge in [-0.3, -0.25) is 0 Å². The van der Waals surface area contributed by atoms with Crippen molar-refractivity contribution < 1.29 is 17.9 Å². The van der Waals surface area contributed by atoms with Gasteiger partial charge in [0, 0.05) is 16.2 Å². The molecule has 0 saturated carbocycles. The average Bonchev–Trinajstić information content (AvgIpc) is 1.97. The van der Waals surface area contributed by atoms with E-state index in [0.717, 1.165) is 6.07 Å². The van der Waals surface area contributed by atoms with Gasteiger partial charge < -0.3 is 10.5 Å². The molecule has 7 heteroatoms. The monoisotopic (exact) mass is 381 g/mol. The van der Waals surface area contributed by atoms with E-state index in [0.29, 0.717) is 8.04 Å². The summed E-state index contributed by atoms with van der Waals surface area (Å²) in [5.41, 5.74) is 5.61. The quantitative estimate of drug-likeness (QED) is 0.596. The Morgan fingerprint density at radius 2 is 1.93 bits per heavy atom. The number of rotatable bonds is 1. The maximum atomic E-state index is 11.9. The zero-order valence-electron chi connectivity index (χ0n) is 6.53. The Kier molecular flexibility index (Phi) is 3.51. The van der Waals surface area contributed by atoms with Gasteiger partial charge in [-0.2, -0.15) is 0 Å². The number of alkyl halides is 3. The Morgan fingerprint density at radius 3 is 2.43 bits per heavy atom. The van der Waals surface area contributed by atoms with Gasteiger partial charge >= 0.3 is 6.36 Å². The van der Waals surface area contributed by atoms with Crippen LogP contribution in [0.25, 0.3) is 0 Å². The first-order valence-corrected chi connectivity index (χ1v) is 5.17. The molecule has 0 aliphatic carbocycles. The molecule has 78 valence electrons. The minimum atomic E-state index is -4.69. The number of benzene rings is 1. The van der Waals surface area contributed by atoms with Crippen LogP contribution in [0.2, 0.25) is 0 Å². The van der Waals surface area contributed by atoms with Crippen LogP contribution in [-0.2, 0) is 0 Å². The minimum absolute atomic E-state index is 0.199. The zero-order chi connectivity index (χ0) is 10.9. The lowest BCUT2D eigenvalue weighted by Gasteiger charge is -2.11. The summed E-state index contributed by atoms with van der Waals surface area (Å²) in [6.45, 7) is 0. The van der Waals surface area contributed by atoms with Crippen molar-refractivity contribution in [2.75, 3.05) is 5.73 Å². The van der Waals surface area contributed by atoms with E-state index in [4.69, 9.17) is 5.73 Å². The summed E-state index contributed by atoms with van der Waals surface area (Å²) in [6, 6.07) is 2.58. The Hall–Kier alpha value is -0.180. The minimum Gasteiger partial charge on any atom is -0.405 e. The Morgan fingerprint density at radius 1 is 1.36 bits per heavy atom. The van der Waals surface area contributed by atoms with Gasteiger partial charge in [0.2, 0.25) is 0 Å². The molecule has 0 atom stereocenters. The molecule has 0 heterocycles. The smallest absolute Gasteiger partial charge is 0.405 e. The first kappa shape index (κ1) is 11.9. The fourth-order valence-corrected chi connectivity index (χ4v) is 2.10. The summed E-state index contributed by atoms with van der Waals surface area (Å²) in [6.07, 6.45) is -4.69.